The lowest BCUT2D eigenvalue weighted by atomic mass is 9.31. The SMILES string of the molecule is CCC(C)(C)C(=O)OC(C)C(=O)OC(C)(C)C12CC3CC(CC(C3)C1)C2.CCC(C)(C)C(=O)OCC(=O)OC(C)(C)C12CC3C4CC5CC3C(C1)C(C5)C4C2.CCC(C)(C)C(=O)OCC(=O)OC(C)(C)C12CC3CC(CC(C3)C1)C2.CCC(C)(C)C(=O)OCC(=O)OC(C)(C)C1CCCC1. The van der Waals surface area contributed by atoms with Crippen molar-refractivity contribution in [2.75, 3.05) is 19.8 Å². The van der Waals surface area contributed by atoms with E-state index in [4.69, 9.17) is 37.9 Å². The van der Waals surface area contributed by atoms with Gasteiger partial charge in [-0.3, -0.25) is 19.2 Å². The van der Waals surface area contributed by atoms with Crippen molar-refractivity contribution < 1.29 is 76.3 Å². The molecule has 0 aromatic rings. The number of esters is 8. The molecule has 0 N–H and O–H groups in total. The lowest BCUT2D eigenvalue weighted by Gasteiger charge is -2.74. The molecule has 0 spiro atoms. The second-order valence-corrected chi connectivity index (χ2v) is 39.5. The van der Waals surface area contributed by atoms with Gasteiger partial charge in [0.25, 0.3) is 0 Å². The summed E-state index contributed by atoms with van der Waals surface area (Å²) in [5.74, 6) is 8.69. The Balaban J connectivity index is 0.000000157. The monoisotopic (exact) mass is 1400 g/mol. The van der Waals surface area contributed by atoms with E-state index in [1.807, 2.05) is 96.9 Å². The lowest BCUT2D eigenvalue weighted by molar-refractivity contribution is -0.273. The Bertz CT molecular complexity index is 2840. The van der Waals surface area contributed by atoms with Gasteiger partial charge < -0.3 is 37.9 Å². The van der Waals surface area contributed by atoms with Gasteiger partial charge in [-0.1, -0.05) is 40.5 Å². The highest BCUT2D eigenvalue weighted by Gasteiger charge is 2.71. The standard InChI is InChI=1S/C25H38O4.C22H36O4.C21H34O4.C16H28O4/c1-6-23(2,3)22(27)28-13-21(26)29-24(4,5)25-10-18-15-7-14-8-16(18)20(12-25)17(9-14)19(15)11-25;1-7-20(3,4)19(24)25-14(2)18(23)26-21(5,6)22-11-15-8-16(12-22)10-17(9-15)13-22;1-6-19(2,3)18(23)24-13-17(22)25-20(4,5)21-10-14-7-15(11-21)9-16(8-14)12-21;1-6-15(2,3)14(18)19-11-13(17)20-16(4,5)12-9-7-8-10-12/h14-20H,6-13H2,1-5H3;14-17H,7-13H2,1-6H3;14-16H,6-13H2,1-5H3;12H,6-11H2,1-5H3. The summed E-state index contributed by atoms with van der Waals surface area (Å²) in [6.07, 6.45) is 29.8. The van der Waals surface area contributed by atoms with Crippen LogP contribution in [-0.4, -0.2) is 96.1 Å². The van der Waals surface area contributed by atoms with E-state index in [1.54, 1.807) is 6.92 Å². The molecule has 16 nitrogen and oxygen atoms in total. The molecule has 16 rings (SSSR count). The minimum Gasteiger partial charge on any atom is -0.457 e. The molecule has 0 heterocycles. The Kier molecular flexibility index (Phi) is 23.6. The van der Waals surface area contributed by atoms with Crippen LogP contribution in [0.25, 0.3) is 0 Å². The minimum atomic E-state index is -0.860. The van der Waals surface area contributed by atoms with Crippen LogP contribution >= 0.6 is 0 Å². The second kappa shape index (κ2) is 29.6. The molecule has 16 saturated carbocycles. The molecule has 16 heteroatoms. The Morgan fingerprint density at radius 1 is 0.340 bits per heavy atom. The lowest BCUT2D eigenvalue weighted by Crippen LogP contribution is -2.69. The van der Waals surface area contributed by atoms with Crippen molar-refractivity contribution in [3.05, 3.63) is 0 Å². The largest absolute Gasteiger partial charge is 0.457 e. The van der Waals surface area contributed by atoms with Crippen molar-refractivity contribution in [1.29, 1.82) is 0 Å². The van der Waals surface area contributed by atoms with Gasteiger partial charge >= 0.3 is 47.8 Å². The third-order valence-corrected chi connectivity index (χ3v) is 30.0. The van der Waals surface area contributed by atoms with Crippen molar-refractivity contribution in [3.8, 4) is 0 Å². The molecule has 568 valence electrons. The number of carbonyl (C=O) groups excluding carboxylic acids is 8. The predicted molar refractivity (Wildman–Crippen MR) is 383 cm³/mol. The van der Waals surface area contributed by atoms with Crippen LogP contribution in [0.1, 0.15) is 312 Å². The van der Waals surface area contributed by atoms with E-state index in [2.05, 4.69) is 41.5 Å². The number of hydrogen-bond donors (Lipinski definition) is 0. The molecular weight excluding hydrogens is 1260 g/mol. The van der Waals surface area contributed by atoms with Crippen LogP contribution in [0.2, 0.25) is 0 Å². The van der Waals surface area contributed by atoms with Crippen LogP contribution in [0, 0.1) is 121 Å². The molecule has 0 saturated heterocycles. The summed E-state index contributed by atoms with van der Waals surface area (Å²) in [4.78, 5) is 97.9. The quantitative estimate of drug-likeness (QED) is 0.0650. The molecule has 0 aromatic heterocycles. The number of hydrogen-bond acceptors (Lipinski definition) is 16. The fraction of sp³-hybridized carbons (Fsp3) is 0.905. The summed E-state index contributed by atoms with van der Waals surface area (Å²) >= 11 is 0. The first kappa shape index (κ1) is 79.9. The maximum Gasteiger partial charge on any atom is 0.347 e. The Labute approximate surface area is 602 Å². The topological polar surface area (TPSA) is 210 Å². The zero-order valence-corrected chi connectivity index (χ0v) is 66.2. The third-order valence-electron chi connectivity index (χ3n) is 30.0. The average Bonchev–Trinajstić information content (AvgIpc) is 0.688. The van der Waals surface area contributed by atoms with Gasteiger partial charge in [-0.2, -0.15) is 0 Å². The minimum absolute atomic E-state index is 0.101. The van der Waals surface area contributed by atoms with Crippen LogP contribution in [-0.2, 0) is 76.3 Å². The fourth-order valence-corrected chi connectivity index (χ4v) is 22.6. The number of rotatable bonds is 24. The molecule has 1 unspecified atom stereocenters. The summed E-state index contributed by atoms with van der Waals surface area (Å²) in [6, 6.07) is 0. The van der Waals surface area contributed by atoms with Crippen LogP contribution < -0.4 is 0 Å². The van der Waals surface area contributed by atoms with Crippen molar-refractivity contribution in [1.82, 2.24) is 0 Å². The zero-order valence-electron chi connectivity index (χ0n) is 66.2. The van der Waals surface area contributed by atoms with Gasteiger partial charge in [0.05, 0.1) is 21.7 Å². The predicted octanol–water partition coefficient (Wildman–Crippen LogP) is 17.9. The molecule has 16 fully saturated rings. The fourth-order valence-electron chi connectivity index (χ4n) is 22.6. The van der Waals surface area contributed by atoms with E-state index < -0.39 is 74.0 Å². The third kappa shape index (κ3) is 16.7. The summed E-state index contributed by atoms with van der Waals surface area (Å²) in [6.45, 7) is 39.6. The molecule has 0 radical (unpaired) electrons. The summed E-state index contributed by atoms with van der Waals surface area (Å²) in [5.41, 5.74) is -3.90. The van der Waals surface area contributed by atoms with Gasteiger partial charge in [0.15, 0.2) is 25.9 Å². The van der Waals surface area contributed by atoms with E-state index in [0.29, 0.717) is 31.6 Å². The summed E-state index contributed by atoms with van der Waals surface area (Å²) in [7, 11) is 0. The average molecular weight is 1400 g/mol. The molecule has 0 amide bonds. The van der Waals surface area contributed by atoms with Gasteiger partial charge in [0, 0.05) is 16.2 Å². The van der Waals surface area contributed by atoms with Crippen molar-refractivity contribution >= 4 is 47.8 Å². The molecule has 16 aliphatic rings. The van der Waals surface area contributed by atoms with Crippen LogP contribution in [0.15, 0.2) is 0 Å². The first-order valence-corrected chi connectivity index (χ1v) is 39.9. The molecule has 100 heavy (non-hydrogen) atoms. The first-order chi connectivity index (χ1) is 46.3. The van der Waals surface area contributed by atoms with Crippen molar-refractivity contribution in [2.24, 2.45) is 121 Å². The van der Waals surface area contributed by atoms with Crippen molar-refractivity contribution in [3.63, 3.8) is 0 Å². The van der Waals surface area contributed by atoms with E-state index >= 15 is 0 Å². The van der Waals surface area contributed by atoms with Gasteiger partial charge in [0.1, 0.15) is 22.4 Å². The highest BCUT2D eigenvalue weighted by atomic mass is 16.6. The molecule has 0 aromatic carbocycles. The Morgan fingerprint density at radius 3 is 0.910 bits per heavy atom. The van der Waals surface area contributed by atoms with E-state index in [0.717, 1.165) is 89.8 Å². The second-order valence-electron chi connectivity index (χ2n) is 39.5. The molecule has 1 atom stereocenters. The zero-order chi connectivity index (χ0) is 73.9. The van der Waals surface area contributed by atoms with E-state index in [-0.39, 0.29) is 59.9 Å². The smallest absolute Gasteiger partial charge is 0.347 e. The molecule has 16 aliphatic carbocycles. The van der Waals surface area contributed by atoms with E-state index in [1.165, 1.54) is 128 Å². The molecule has 16 bridgehead atoms. The number of carbonyl (C=O) groups is 8. The van der Waals surface area contributed by atoms with E-state index in [9.17, 15) is 38.4 Å². The highest BCUT2D eigenvalue weighted by Crippen LogP contribution is 2.76. The van der Waals surface area contributed by atoms with Gasteiger partial charge in [-0.05, 0) is 355 Å². The summed E-state index contributed by atoms with van der Waals surface area (Å²) < 4.78 is 44.5. The Hall–Kier alpha value is -4.24. The maximum atomic E-state index is 12.7. The normalized spacial score (nSPS) is 33.7. The van der Waals surface area contributed by atoms with Crippen LogP contribution in [0.5, 0.6) is 0 Å². The van der Waals surface area contributed by atoms with Crippen LogP contribution in [0.3, 0.4) is 0 Å². The number of ether oxygens (including phenoxy) is 8. The Morgan fingerprint density at radius 2 is 0.610 bits per heavy atom. The molecule has 0 aliphatic heterocycles. The highest BCUT2D eigenvalue weighted by molar-refractivity contribution is 5.83. The van der Waals surface area contributed by atoms with Gasteiger partial charge in [0.2, 0.25) is 0 Å². The van der Waals surface area contributed by atoms with Gasteiger partial charge in [-0.15, -0.1) is 0 Å². The van der Waals surface area contributed by atoms with Crippen molar-refractivity contribution in [2.45, 2.75) is 341 Å². The first-order valence-electron chi connectivity index (χ1n) is 39.9. The van der Waals surface area contributed by atoms with Crippen LogP contribution in [0.4, 0.5) is 0 Å². The van der Waals surface area contributed by atoms with Gasteiger partial charge in [-0.25, -0.2) is 19.2 Å². The maximum absolute atomic E-state index is 12.7. The summed E-state index contributed by atoms with van der Waals surface area (Å²) in [5, 5.41) is 0. The molecular formula is C84H136O16.